The highest BCUT2D eigenvalue weighted by molar-refractivity contribution is 6.31. The fraction of sp³-hybridized carbons (Fsp3) is 0.185. The summed E-state index contributed by atoms with van der Waals surface area (Å²) >= 11 is 12.3. The number of carbonyl (C=O) groups excluding carboxylic acids is 2. The number of benzene rings is 4. The Morgan fingerprint density at radius 3 is 1.26 bits per heavy atom. The van der Waals surface area contributed by atoms with E-state index in [0.717, 1.165) is 11.1 Å². The summed E-state index contributed by atoms with van der Waals surface area (Å²) in [4.78, 5) is 56.4. The molecule has 4 heterocycles. The molecule has 2 amide bonds. The molecular weight excluding hydrogens is 1030 g/mol. The molecule has 4 aromatic heterocycles. The van der Waals surface area contributed by atoms with E-state index >= 15 is 0 Å². The summed E-state index contributed by atoms with van der Waals surface area (Å²) in [6, 6.07) is 38.2. The molecule has 4 unspecified atom stereocenters. The van der Waals surface area contributed by atoms with Crippen molar-refractivity contribution in [3.63, 3.8) is 0 Å². The number of carbonyl (C=O) groups is 4. The highest BCUT2D eigenvalue weighted by Crippen LogP contribution is 2.34. The standard InChI is InChI=1S/2C27H23ClFN3O6/c2*1-16(20-9-5-6-10-21(20)28)37-27(35)31-23-24(38-32-25(23)29)18-11-12-22(30-14-18)36-15-19(26(33)34)13-17-7-3-2-4-8-17/h2*2-12,14,16,19H,13,15H2,1H3,(H,31,35)(H,33,34). The lowest BCUT2D eigenvalue weighted by Crippen LogP contribution is -2.24. The number of aliphatic carboxylic acids is 2. The molecule has 4 atom stereocenters. The van der Waals surface area contributed by atoms with Gasteiger partial charge in [0.15, 0.2) is 11.5 Å². The Bertz CT molecular complexity index is 3010. The van der Waals surface area contributed by atoms with Crippen LogP contribution in [0.1, 0.15) is 48.3 Å². The molecule has 0 aliphatic heterocycles. The molecule has 392 valence electrons. The molecule has 0 saturated heterocycles. The lowest BCUT2D eigenvalue weighted by molar-refractivity contribution is -0.143. The van der Waals surface area contributed by atoms with Crippen molar-refractivity contribution in [1.82, 2.24) is 20.3 Å². The van der Waals surface area contributed by atoms with Crippen LogP contribution in [-0.4, -0.2) is 67.8 Å². The van der Waals surface area contributed by atoms with Crippen molar-refractivity contribution in [1.29, 1.82) is 0 Å². The van der Waals surface area contributed by atoms with Gasteiger partial charge in [0.2, 0.25) is 11.8 Å². The minimum Gasteiger partial charge on any atom is -0.481 e. The average molecular weight is 1080 g/mol. The van der Waals surface area contributed by atoms with Crippen LogP contribution < -0.4 is 20.1 Å². The van der Waals surface area contributed by atoms with Gasteiger partial charge in [-0.05, 0) is 72.4 Å². The Morgan fingerprint density at radius 1 is 0.553 bits per heavy atom. The molecule has 0 radical (unpaired) electrons. The molecule has 8 rings (SSSR count). The molecule has 0 aliphatic rings. The maximum absolute atomic E-state index is 14.3. The predicted octanol–water partition coefficient (Wildman–Crippen LogP) is 12.3. The smallest absolute Gasteiger partial charge is 0.412 e. The van der Waals surface area contributed by atoms with E-state index in [1.165, 1.54) is 36.7 Å². The molecular formula is C54H46Cl2F2N6O12. The Balaban J connectivity index is 0.000000221. The number of carboxylic acid groups (broad SMARTS) is 2. The van der Waals surface area contributed by atoms with Crippen molar-refractivity contribution >= 4 is 58.7 Å². The van der Waals surface area contributed by atoms with Crippen LogP contribution in [0.15, 0.2) is 155 Å². The van der Waals surface area contributed by atoms with E-state index in [1.54, 1.807) is 62.4 Å². The second-order valence-corrected chi connectivity index (χ2v) is 17.4. The summed E-state index contributed by atoms with van der Waals surface area (Å²) in [6.45, 7) is 3.05. The number of aromatic nitrogens is 4. The van der Waals surface area contributed by atoms with Crippen LogP contribution in [0.3, 0.4) is 0 Å². The minimum atomic E-state index is -1.05. The predicted molar refractivity (Wildman–Crippen MR) is 273 cm³/mol. The van der Waals surface area contributed by atoms with Crippen LogP contribution in [0.4, 0.5) is 29.7 Å². The van der Waals surface area contributed by atoms with Crippen LogP contribution in [0.25, 0.3) is 22.6 Å². The van der Waals surface area contributed by atoms with Crippen LogP contribution >= 0.6 is 23.2 Å². The van der Waals surface area contributed by atoms with Gasteiger partial charge in [-0.3, -0.25) is 20.2 Å². The number of hydrogen-bond donors (Lipinski definition) is 4. The highest BCUT2D eigenvalue weighted by atomic mass is 35.5. The Morgan fingerprint density at radius 2 is 0.921 bits per heavy atom. The zero-order valence-corrected chi connectivity index (χ0v) is 41.8. The molecule has 0 saturated carbocycles. The average Bonchev–Trinajstić information content (AvgIpc) is 3.97. The van der Waals surface area contributed by atoms with Crippen LogP contribution in [-0.2, 0) is 31.9 Å². The monoisotopic (exact) mass is 1080 g/mol. The van der Waals surface area contributed by atoms with Crippen LogP contribution in [0.2, 0.25) is 10.0 Å². The normalized spacial score (nSPS) is 12.4. The third-order valence-corrected chi connectivity index (χ3v) is 11.9. The second kappa shape index (κ2) is 26.4. The number of rotatable bonds is 20. The van der Waals surface area contributed by atoms with Gasteiger partial charge in [0.05, 0.1) is 11.8 Å². The van der Waals surface area contributed by atoms with Gasteiger partial charge in [0.1, 0.15) is 36.8 Å². The molecule has 76 heavy (non-hydrogen) atoms. The van der Waals surface area contributed by atoms with E-state index in [-0.39, 0.29) is 47.9 Å². The number of hydrogen-bond acceptors (Lipinski definition) is 14. The molecule has 22 heteroatoms. The quantitative estimate of drug-likeness (QED) is 0.0554. The summed E-state index contributed by atoms with van der Waals surface area (Å²) < 4.78 is 60.5. The Kier molecular flexibility index (Phi) is 19.0. The third kappa shape index (κ3) is 15.1. The van der Waals surface area contributed by atoms with Gasteiger partial charge in [0.25, 0.3) is 11.9 Å². The van der Waals surface area contributed by atoms with Gasteiger partial charge in [-0.1, -0.05) is 120 Å². The third-order valence-electron chi connectivity index (χ3n) is 11.2. The number of carboxylic acids is 2. The first-order valence-corrected chi connectivity index (χ1v) is 23.8. The van der Waals surface area contributed by atoms with Gasteiger partial charge < -0.3 is 38.2 Å². The van der Waals surface area contributed by atoms with Gasteiger partial charge in [0, 0.05) is 56.8 Å². The van der Waals surface area contributed by atoms with E-state index in [9.17, 15) is 38.2 Å². The topological polar surface area (TPSA) is 248 Å². The Hall–Kier alpha value is -8.88. The first kappa shape index (κ1) is 54.9. The number of anilines is 2. The van der Waals surface area contributed by atoms with E-state index in [0.29, 0.717) is 45.1 Å². The van der Waals surface area contributed by atoms with E-state index in [2.05, 4.69) is 30.9 Å². The zero-order chi connectivity index (χ0) is 54.1. The maximum atomic E-state index is 14.3. The van der Waals surface area contributed by atoms with Gasteiger partial charge in [-0.15, -0.1) is 0 Å². The van der Waals surface area contributed by atoms with E-state index in [4.69, 9.17) is 51.2 Å². The molecule has 8 aromatic rings. The molecule has 0 bridgehead atoms. The summed E-state index contributed by atoms with van der Waals surface area (Å²) in [5.41, 5.74) is 2.85. The number of nitrogens with zero attached hydrogens (tertiary/aromatic N) is 4. The number of amides is 2. The van der Waals surface area contributed by atoms with Gasteiger partial charge >= 0.3 is 24.1 Å². The summed E-state index contributed by atoms with van der Waals surface area (Å²) in [7, 11) is 0. The van der Waals surface area contributed by atoms with Crippen molar-refractivity contribution < 1.29 is 66.2 Å². The van der Waals surface area contributed by atoms with E-state index < -0.39 is 60.1 Å². The lowest BCUT2D eigenvalue weighted by atomic mass is 10.0. The highest BCUT2D eigenvalue weighted by Gasteiger charge is 2.26. The molecule has 0 aliphatic carbocycles. The molecule has 0 spiro atoms. The van der Waals surface area contributed by atoms with Crippen molar-refractivity contribution in [2.45, 2.75) is 38.9 Å². The first-order valence-electron chi connectivity index (χ1n) is 23.1. The second-order valence-electron chi connectivity index (χ2n) is 16.6. The number of pyridine rings is 2. The van der Waals surface area contributed by atoms with Crippen LogP contribution in [0.5, 0.6) is 11.8 Å². The number of ether oxygens (including phenoxy) is 4. The fourth-order valence-electron chi connectivity index (χ4n) is 7.28. The van der Waals surface area contributed by atoms with Crippen molar-refractivity contribution in [3.8, 4) is 34.4 Å². The Labute approximate surface area is 442 Å². The lowest BCUT2D eigenvalue weighted by Gasteiger charge is -2.15. The number of halogens is 4. The van der Waals surface area contributed by atoms with Crippen molar-refractivity contribution in [2.24, 2.45) is 11.8 Å². The summed E-state index contributed by atoms with van der Waals surface area (Å²) in [6.07, 6.45) is -0.0403. The molecule has 4 N–H and O–H groups in total. The SMILES string of the molecule is CC(OC(=O)Nc1c(F)noc1-c1ccc(OCC(Cc2ccccc2)C(=O)O)nc1)c1ccccc1Cl.CC(OC(=O)Nc1c(F)noc1-c1ccc(OCC(Cc2ccccc2)C(=O)O)nc1)c1ccccc1Cl. The molecule has 4 aromatic carbocycles. The first-order chi connectivity index (χ1) is 36.6. The maximum Gasteiger partial charge on any atom is 0.412 e. The molecule has 18 nitrogen and oxygen atoms in total. The van der Waals surface area contributed by atoms with Crippen molar-refractivity contribution in [3.05, 3.63) is 190 Å². The van der Waals surface area contributed by atoms with Crippen molar-refractivity contribution in [2.75, 3.05) is 23.8 Å². The van der Waals surface area contributed by atoms with Crippen LogP contribution in [0, 0.1) is 23.7 Å². The van der Waals surface area contributed by atoms with E-state index in [1.807, 2.05) is 60.7 Å². The number of nitrogens with one attached hydrogen (secondary N) is 2. The molecule has 0 fully saturated rings. The summed E-state index contributed by atoms with van der Waals surface area (Å²) in [5.74, 6) is -5.49. The minimum absolute atomic E-state index is 0.0867. The summed E-state index contributed by atoms with van der Waals surface area (Å²) in [5, 5.41) is 31.1. The zero-order valence-electron chi connectivity index (χ0n) is 40.3. The largest absolute Gasteiger partial charge is 0.481 e. The van der Waals surface area contributed by atoms with Gasteiger partial charge in [-0.2, -0.15) is 8.78 Å². The van der Waals surface area contributed by atoms with Gasteiger partial charge in [-0.25, -0.2) is 19.6 Å². The fourth-order valence-corrected chi connectivity index (χ4v) is 7.86.